The molecule has 2 nitrogen and oxygen atoms in total. The molecule has 0 saturated carbocycles. The molecule has 1 aromatic carbocycles. The number of rotatable bonds is 24. The monoisotopic (exact) mass is 495 g/mol. The van der Waals surface area contributed by atoms with Crippen molar-refractivity contribution < 1.29 is 4.57 Å². The van der Waals surface area contributed by atoms with Crippen LogP contribution < -0.4 is 4.57 Å². The van der Waals surface area contributed by atoms with E-state index < -0.39 is 0 Å². The largest absolute Gasteiger partial charge is 0.250 e. The van der Waals surface area contributed by atoms with Crippen molar-refractivity contribution in [2.24, 2.45) is 5.92 Å². The summed E-state index contributed by atoms with van der Waals surface area (Å²) in [7, 11) is 0. The molecule has 0 aliphatic rings. The molecular weight excluding hydrogens is 436 g/mol. The van der Waals surface area contributed by atoms with E-state index in [1.807, 2.05) is 0 Å². The third-order valence-electron chi connectivity index (χ3n) is 8.12. The van der Waals surface area contributed by atoms with Gasteiger partial charge in [0.05, 0.1) is 0 Å². The van der Waals surface area contributed by atoms with Crippen LogP contribution in [0.3, 0.4) is 0 Å². The van der Waals surface area contributed by atoms with Crippen molar-refractivity contribution >= 4 is 0 Å². The van der Waals surface area contributed by atoms with Gasteiger partial charge in [-0.05, 0) is 31.2 Å². The highest BCUT2D eigenvalue weighted by Gasteiger charge is 2.26. The summed E-state index contributed by atoms with van der Waals surface area (Å²) < 4.78 is 2.49. The van der Waals surface area contributed by atoms with E-state index in [0.29, 0.717) is 12.0 Å². The number of benzene rings is 1. The Kier molecular flexibility index (Phi) is 18.3. The van der Waals surface area contributed by atoms with E-state index in [-0.39, 0.29) is 0 Å². The molecule has 0 spiro atoms. The molecule has 0 bridgehead atoms. The Morgan fingerprint density at radius 3 is 1.61 bits per heavy atom. The molecule has 0 aliphatic heterocycles. The molecule has 1 aromatic heterocycles. The van der Waals surface area contributed by atoms with E-state index in [1.165, 1.54) is 140 Å². The first kappa shape index (κ1) is 30.7. The molecule has 0 radical (unpaired) electrons. The summed E-state index contributed by atoms with van der Waals surface area (Å²) >= 11 is 0. The predicted molar refractivity (Wildman–Crippen MR) is 157 cm³/mol. The van der Waals surface area contributed by atoms with Crippen LogP contribution in [0.2, 0.25) is 0 Å². The molecule has 2 unspecified atom stereocenters. The third kappa shape index (κ3) is 14.2. The molecule has 36 heavy (non-hydrogen) atoms. The highest BCUT2D eigenvalue weighted by Crippen LogP contribution is 2.29. The SMILES string of the molecule is CCCCCCCCCCCCCC(Cc1ccccc1)C(CCCCCCCCC)[n+]1cc[nH]c1. The Morgan fingerprint density at radius 1 is 0.611 bits per heavy atom. The zero-order valence-electron chi connectivity index (χ0n) is 24.1. The van der Waals surface area contributed by atoms with Gasteiger partial charge in [-0.2, -0.15) is 0 Å². The van der Waals surface area contributed by atoms with Crippen molar-refractivity contribution in [2.75, 3.05) is 0 Å². The quantitative estimate of drug-likeness (QED) is 0.110. The Morgan fingerprint density at radius 2 is 1.11 bits per heavy atom. The molecule has 2 aromatic rings. The number of aromatic nitrogens is 2. The van der Waals surface area contributed by atoms with Gasteiger partial charge in [0, 0.05) is 5.92 Å². The lowest BCUT2D eigenvalue weighted by Gasteiger charge is -2.25. The van der Waals surface area contributed by atoms with Crippen molar-refractivity contribution in [3.63, 3.8) is 0 Å². The minimum atomic E-state index is 0.607. The summed E-state index contributed by atoms with van der Waals surface area (Å²) in [6.45, 7) is 4.61. The number of nitrogens with zero attached hydrogens (tertiary/aromatic N) is 1. The van der Waals surface area contributed by atoms with Gasteiger partial charge < -0.3 is 0 Å². The van der Waals surface area contributed by atoms with Crippen molar-refractivity contribution in [3.8, 4) is 0 Å². The second-order valence-electron chi connectivity index (χ2n) is 11.3. The lowest BCUT2D eigenvalue weighted by Crippen LogP contribution is -2.42. The molecule has 0 fully saturated rings. The molecule has 1 N–H and O–H groups in total. The number of imidazole rings is 1. The lowest BCUT2D eigenvalue weighted by molar-refractivity contribution is -0.730. The average molecular weight is 496 g/mol. The normalized spacial score (nSPS) is 13.2. The van der Waals surface area contributed by atoms with Crippen LogP contribution in [-0.4, -0.2) is 4.98 Å². The second kappa shape index (κ2) is 21.5. The molecule has 0 amide bonds. The summed E-state index contributed by atoms with van der Waals surface area (Å²) in [6.07, 6.45) is 35.8. The first-order valence-electron chi connectivity index (χ1n) is 15.9. The van der Waals surface area contributed by atoms with Gasteiger partial charge in [0.1, 0.15) is 18.4 Å². The average Bonchev–Trinajstić information content (AvgIpc) is 3.44. The van der Waals surface area contributed by atoms with Crippen LogP contribution in [0.25, 0.3) is 0 Å². The molecule has 2 atom stereocenters. The fourth-order valence-electron chi connectivity index (χ4n) is 5.86. The smallest absolute Gasteiger partial charge is 0.241 e. The van der Waals surface area contributed by atoms with Gasteiger partial charge in [-0.15, -0.1) is 0 Å². The van der Waals surface area contributed by atoms with Gasteiger partial charge in [-0.25, -0.2) is 4.57 Å². The zero-order chi connectivity index (χ0) is 25.5. The van der Waals surface area contributed by atoms with Crippen molar-refractivity contribution in [1.82, 2.24) is 4.98 Å². The van der Waals surface area contributed by atoms with Crippen LogP contribution in [0, 0.1) is 5.92 Å². The predicted octanol–water partition coefficient (Wildman–Crippen LogP) is 10.5. The highest BCUT2D eigenvalue weighted by molar-refractivity contribution is 5.15. The van der Waals surface area contributed by atoms with E-state index in [1.54, 1.807) is 0 Å². The standard InChI is InChI=1S/C34H58N2/c1-3-5-7-9-11-12-13-14-16-17-22-26-33(30-32-24-20-19-21-25-32)34(36-29-28-35-31-36)27-23-18-15-10-8-6-4-2/h19-21,24-25,28-29,31,33-34H,3-18,22-23,26-27,30H2,1-2H3/p+1. The Balaban J connectivity index is 1.80. The Bertz CT molecular complexity index is 693. The number of aromatic amines is 1. The van der Waals surface area contributed by atoms with E-state index in [0.717, 1.165) is 0 Å². The molecule has 1 heterocycles. The molecule has 2 heteroatoms. The lowest BCUT2D eigenvalue weighted by atomic mass is 9.84. The van der Waals surface area contributed by atoms with Gasteiger partial charge in [-0.3, -0.25) is 4.98 Å². The molecular formula is C34H59N2+. The number of H-pyrrole nitrogens is 1. The van der Waals surface area contributed by atoms with Crippen LogP contribution in [0.5, 0.6) is 0 Å². The highest BCUT2D eigenvalue weighted by atomic mass is 15.1. The topological polar surface area (TPSA) is 19.7 Å². The Hall–Kier alpha value is -1.57. The van der Waals surface area contributed by atoms with Gasteiger partial charge >= 0.3 is 0 Å². The Labute approximate surface area is 224 Å². The van der Waals surface area contributed by atoms with Crippen LogP contribution in [0.15, 0.2) is 49.1 Å². The van der Waals surface area contributed by atoms with Gasteiger partial charge in [-0.1, -0.05) is 153 Å². The second-order valence-corrected chi connectivity index (χ2v) is 11.3. The minimum absolute atomic E-state index is 0.607. The number of hydrogen-bond donors (Lipinski definition) is 1. The fraction of sp³-hybridized carbons (Fsp3) is 0.735. The third-order valence-corrected chi connectivity index (χ3v) is 8.12. The molecule has 0 aliphatic carbocycles. The van der Waals surface area contributed by atoms with E-state index >= 15 is 0 Å². The van der Waals surface area contributed by atoms with Crippen LogP contribution in [-0.2, 0) is 6.42 Å². The van der Waals surface area contributed by atoms with Crippen LogP contribution >= 0.6 is 0 Å². The first-order valence-corrected chi connectivity index (χ1v) is 15.9. The van der Waals surface area contributed by atoms with Crippen LogP contribution in [0.1, 0.15) is 154 Å². The summed E-state index contributed by atoms with van der Waals surface area (Å²) in [5.74, 6) is 0.715. The minimum Gasteiger partial charge on any atom is -0.250 e. The molecule has 204 valence electrons. The van der Waals surface area contributed by atoms with E-state index in [4.69, 9.17) is 0 Å². The summed E-state index contributed by atoms with van der Waals surface area (Å²) in [6, 6.07) is 11.8. The maximum absolute atomic E-state index is 3.33. The maximum atomic E-state index is 3.33. The van der Waals surface area contributed by atoms with Crippen molar-refractivity contribution in [1.29, 1.82) is 0 Å². The van der Waals surface area contributed by atoms with Crippen LogP contribution in [0.4, 0.5) is 0 Å². The van der Waals surface area contributed by atoms with Gasteiger partial charge in [0.25, 0.3) is 0 Å². The summed E-state index contributed by atoms with van der Waals surface area (Å²) in [5.41, 5.74) is 1.51. The first-order chi connectivity index (χ1) is 17.8. The fourth-order valence-corrected chi connectivity index (χ4v) is 5.86. The number of hydrogen-bond acceptors (Lipinski definition) is 0. The number of nitrogens with one attached hydrogen (secondary N) is 1. The van der Waals surface area contributed by atoms with Crippen molar-refractivity contribution in [3.05, 3.63) is 54.6 Å². The number of unbranched alkanes of at least 4 members (excludes halogenated alkanes) is 16. The summed E-state index contributed by atoms with van der Waals surface area (Å²) in [5, 5.41) is 0. The van der Waals surface area contributed by atoms with Gasteiger partial charge in [0.15, 0.2) is 0 Å². The summed E-state index contributed by atoms with van der Waals surface area (Å²) in [4.78, 5) is 3.33. The van der Waals surface area contributed by atoms with Gasteiger partial charge in [0.2, 0.25) is 6.33 Å². The molecule has 2 rings (SSSR count). The van der Waals surface area contributed by atoms with E-state index in [9.17, 15) is 0 Å². The molecule has 0 saturated heterocycles. The maximum Gasteiger partial charge on any atom is 0.241 e. The van der Waals surface area contributed by atoms with E-state index in [2.05, 4.69) is 72.5 Å². The zero-order valence-corrected chi connectivity index (χ0v) is 24.1. The van der Waals surface area contributed by atoms with Crippen molar-refractivity contribution in [2.45, 2.75) is 155 Å².